The molecule has 1 aliphatic carbocycles. The Balaban J connectivity index is 1.72. The van der Waals surface area contributed by atoms with Crippen molar-refractivity contribution in [3.8, 4) is 0 Å². The summed E-state index contributed by atoms with van der Waals surface area (Å²) in [5.74, 6) is 0.453. The fourth-order valence-electron chi connectivity index (χ4n) is 4.01. The van der Waals surface area contributed by atoms with Crippen LogP contribution in [-0.4, -0.2) is 5.71 Å². The molecule has 1 heterocycles. The quantitative estimate of drug-likeness (QED) is 0.512. The number of aryl methyl sites for hydroxylation is 1. The summed E-state index contributed by atoms with van der Waals surface area (Å²) >= 11 is 1.98. The van der Waals surface area contributed by atoms with E-state index in [0.29, 0.717) is 11.2 Å². The molecule has 2 atom stereocenters. The van der Waals surface area contributed by atoms with E-state index in [2.05, 4.69) is 78.9 Å². The Morgan fingerprint density at radius 1 is 0.800 bits per heavy atom. The van der Waals surface area contributed by atoms with Gasteiger partial charge in [0.05, 0.1) is 11.4 Å². The lowest BCUT2D eigenvalue weighted by Gasteiger charge is -2.31. The smallest absolute Gasteiger partial charge is 0.0769 e. The van der Waals surface area contributed by atoms with Crippen LogP contribution in [-0.2, 0) is 6.42 Å². The van der Waals surface area contributed by atoms with Crippen molar-refractivity contribution in [2.75, 3.05) is 0 Å². The maximum absolute atomic E-state index is 5.17. The van der Waals surface area contributed by atoms with Crippen molar-refractivity contribution in [3.05, 3.63) is 95.6 Å². The molecule has 0 saturated carbocycles. The molecule has 25 heavy (non-hydrogen) atoms. The summed E-state index contributed by atoms with van der Waals surface area (Å²) in [6.45, 7) is 0. The molecule has 0 unspecified atom stereocenters. The van der Waals surface area contributed by atoms with E-state index < -0.39 is 0 Å². The van der Waals surface area contributed by atoms with Gasteiger partial charge in [0.25, 0.3) is 0 Å². The molecule has 0 fully saturated rings. The second kappa shape index (κ2) is 6.20. The monoisotopic (exact) mass is 341 g/mol. The molecule has 3 aromatic rings. The second-order valence-electron chi connectivity index (χ2n) is 6.72. The Morgan fingerprint density at radius 3 is 2.48 bits per heavy atom. The van der Waals surface area contributed by atoms with Gasteiger partial charge in [-0.25, -0.2) is 0 Å². The number of hydrogen-bond donors (Lipinski definition) is 0. The zero-order chi connectivity index (χ0) is 16.6. The molecule has 2 heteroatoms. The van der Waals surface area contributed by atoms with Gasteiger partial charge in [0, 0.05) is 16.1 Å². The zero-order valence-electron chi connectivity index (χ0n) is 13.9. The molecule has 0 aromatic heterocycles. The SMILES string of the molecule is c1ccc([C@H]2Sc3ccccc3N=C3c4ccccc4CC[C@H]32)cc1. The van der Waals surface area contributed by atoms with E-state index in [4.69, 9.17) is 4.99 Å². The summed E-state index contributed by atoms with van der Waals surface area (Å²) in [7, 11) is 0. The van der Waals surface area contributed by atoms with Crippen molar-refractivity contribution in [3.63, 3.8) is 0 Å². The molecule has 0 saturated heterocycles. The number of benzene rings is 3. The molecular weight excluding hydrogens is 322 g/mol. The summed E-state index contributed by atoms with van der Waals surface area (Å²) in [6, 6.07) is 28.3. The number of rotatable bonds is 1. The standard InChI is InChI=1S/C23H19NS/c1-2-9-17(10-3-1)23-19-15-14-16-8-4-5-11-18(16)22(19)24-20-12-6-7-13-21(20)25-23/h1-13,19,23H,14-15H2/t19-,23-/m1/s1. The fraction of sp³-hybridized carbons (Fsp3) is 0.174. The highest BCUT2D eigenvalue weighted by Gasteiger charge is 2.35. The third-order valence-electron chi connectivity index (χ3n) is 5.22. The minimum Gasteiger partial charge on any atom is -0.251 e. The fourth-order valence-corrected chi connectivity index (χ4v) is 5.40. The Bertz CT molecular complexity index is 945. The van der Waals surface area contributed by atoms with E-state index in [9.17, 15) is 0 Å². The average molecular weight is 341 g/mol. The lowest BCUT2D eigenvalue weighted by atomic mass is 9.78. The zero-order valence-corrected chi connectivity index (χ0v) is 14.7. The van der Waals surface area contributed by atoms with Gasteiger partial charge >= 0.3 is 0 Å². The van der Waals surface area contributed by atoms with Crippen molar-refractivity contribution in [1.82, 2.24) is 0 Å². The molecule has 122 valence electrons. The molecule has 0 bridgehead atoms. The van der Waals surface area contributed by atoms with Crippen LogP contribution in [0.25, 0.3) is 0 Å². The van der Waals surface area contributed by atoms with Crippen LogP contribution < -0.4 is 0 Å². The first-order valence-corrected chi connectivity index (χ1v) is 9.75. The van der Waals surface area contributed by atoms with Crippen molar-refractivity contribution in [2.45, 2.75) is 23.0 Å². The van der Waals surface area contributed by atoms with Gasteiger partial charge in [0.2, 0.25) is 0 Å². The van der Waals surface area contributed by atoms with E-state index in [1.165, 1.54) is 27.3 Å². The minimum atomic E-state index is 0.414. The topological polar surface area (TPSA) is 12.4 Å². The first-order valence-electron chi connectivity index (χ1n) is 8.87. The summed E-state index contributed by atoms with van der Waals surface area (Å²) in [4.78, 5) is 6.46. The molecule has 1 aliphatic heterocycles. The van der Waals surface area contributed by atoms with Gasteiger partial charge in [-0.15, -0.1) is 11.8 Å². The maximum Gasteiger partial charge on any atom is 0.0769 e. The number of para-hydroxylation sites is 1. The van der Waals surface area contributed by atoms with Crippen LogP contribution in [0, 0.1) is 5.92 Å². The van der Waals surface area contributed by atoms with Gasteiger partial charge < -0.3 is 0 Å². The summed E-state index contributed by atoms with van der Waals surface area (Å²) in [5.41, 5.74) is 6.57. The van der Waals surface area contributed by atoms with E-state index in [1.54, 1.807) is 0 Å². The van der Waals surface area contributed by atoms with Gasteiger partial charge in [-0.1, -0.05) is 66.7 Å². The van der Waals surface area contributed by atoms with Crippen LogP contribution in [0.15, 0.2) is 88.8 Å². The van der Waals surface area contributed by atoms with Crippen molar-refractivity contribution in [1.29, 1.82) is 0 Å². The highest BCUT2D eigenvalue weighted by molar-refractivity contribution is 7.99. The minimum absolute atomic E-state index is 0.414. The van der Waals surface area contributed by atoms with Crippen molar-refractivity contribution in [2.24, 2.45) is 10.9 Å². The molecule has 3 aromatic carbocycles. The van der Waals surface area contributed by atoms with Crippen LogP contribution in [0.5, 0.6) is 0 Å². The van der Waals surface area contributed by atoms with E-state index >= 15 is 0 Å². The van der Waals surface area contributed by atoms with Crippen molar-refractivity contribution < 1.29 is 0 Å². The summed E-state index contributed by atoms with van der Waals surface area (Å²) in [5, 5.41) is 0.414. The second-order valence-corrected chi connectivity index (χ2v) is 7.90. The van der Waals surface area contributed by atoms with Gasteiger partial charge in [0.15, 0.2) is 0 Å². The summed E-state index contributed by atoms with van der Waals surface area (Å²) in [6.07, 6.45) is 2.30. The lowest BCUT2D eigenvalue weighted by Crippen LogP contribution is -2.27. The van der Waals surface area contributed by atoms with Gasteiger partial charge in [-0.3, -0.25) is 4.99 Å². The molecule has 1 nitrogen and oxygen atoms in total. The summed E-state index contributed by atoms with van der Waals surface area (Å²) < 4.78 is 0. The van der Waals surface area contributed by atoms with Crippen LogP contribution >= 0.6 is 11.8 Å². The van der Waals surface area contributed by atoms with E-state index in [0.717, 1.165) is 18.5 Å². The Kier molecular flexibility index (Phi) is 3.71. The highest BCUT2D eigenvalue weighted by atomic mass is 32.2. The number of fused-ring (bicyclic) bond motifs is 4. The van der Waals surface area contributed by atoms with Crippen LogP contribution in [0.2, 0.25) is 0 Å². The number of nitrogens with zero attached hydrogens (tertiary/aromatic N) is 1. The number of thioether (sulfide) groups is 1. The van der Waals surface area contributed by atoms with Gasteiger partial charge in [-0.2, -0.15) is 0 Å². The van der Waals surface area contributed by atoms with E-state index in [-0.39, 0.29) is 0 Å². The number of aliphatic imine (C=N–C) groups is 1. The van der Waals surface area contributed by atoms with Crippen LogP contribution in [0.4, 0.5) is 5.69 Å². The Hall–Kier alpha value is -2.32. The van der Waals surface area contributed by atoms with Gasteiger partial charge in [0.1, 0.15) is 0 Å². The first kappa shape index (κ1) is 15.0. The molecule has 0 N–H and O–H groups in total. The third-order valence-corrected chi connectivity index (χ3v) is 6.68. The largest absolute Gasteiger partial charge is 0.251 e. The van der Waals surface area contributed by atoms with Crippen LogP contribution in [0.3, 0.4) is 0 Å². The molecule has 2 aliphatic rings. The molecule has 5 rings (SSSR count). The average Bonchev–Trinajstić information content (AvgIpc) is 2.85. The highest BCUT2D eigenvalue weighted by Crippen LogP contribution is 2.50. The molecule has 0 spiro atoms. The molecule has 0 amide bonds. The predicted molar refractivity (Wildman–Crippen MR) is 106 cm³/mol. The van der Waals surface area contributed by atoms with Gasteiger partial charge in [-0.05, 0) is 41.7 Å². The van der Waals surface area contributed by atoms with E-state index in [1.807, 2.05) is 11.8 Å². The number of hydrogen-bond acceptors (Lipinski definition) is 2. The van der Waals surface area contributed by atoms with Crippen molar-refractivity contribution >= 4 is 23.2 Å². The molecule has 0 radical (unpaired) electrons. The molecular formula is C23H19NS. The lowest BCUT2D eigenvalue weighted by molar-refractivity contribution is 0.597. The predicted octanol–water partition coefficient (Wildman–Crippen LogP) is 6.22. The third kappa shape index (κ3) is 2.61. The Labute approximate surface area is 152 Å². The maximum atomic E-state index is 5.17. The Morgan fingerprint density at radius 2 is 1.56 bits per heavy atom. The first-order chi connectivity index (χ1) is 12.4. The van der Waals surface area contributed by atoms with Crippen LogP contribution in [0.1, 0.15) is 28.4 Å². The normalized spacial score (nSPS) is 21.4.